The van der Waals surface area contributed by atoms with Crippen molar-refractivity contribution in [1.29, 1.82) is 0 Å². The van der Waals surface area contributed by atoms with Crippen LogP contribution in [-0.4, -0.2) is 11.9 Å². The summed E-state index contributed by atoms with van der Waals surface area (Å²) in [5.74, 6) is 1.26. The lowest BCUT2D eigenvalue weighted by molar-refractivity contribution is -0.156. The van der Waals surface area contributed by atoms with E-state index in [1.165, 1.54) is 0 Å². The summed E-state index contributed by atoms with van der Waals surface area (Å²) < 4.78 is 4.71. The second kappa shape index (κ2) is 2.38. The van der Waals surface area contributed by atoms with Crippen molar-refractivity contribution in [3.8, 4) is 0 Å². The van der Waals surface area contributed by atoms with Crippen LogP contribution >= 0.6 is 0 Å². The van der Waals surface area contributed by atoms with Gasteiger partial charge in [-0.1, -0.05) is 6.92 Å². The molecule has 0 aromatic carbocycles. The van der Waals surface area contributed by atoms with Crippen molar-refractivity contribution in [1.82, 2.24) is 0 Å². The van der Waals surface area contributed by atoms with Crippen molar-refractivity contribution in [2.24, 2.45) is 23.2 Å². The molecule has 1 spiro atoms. The molecular formula is C11H14O3. The maximum absolute atomic E-state index is 11.7. The van der Waals surface area contributed by atoms with Gasteiger partial charge in [0, 0.05) is 0 Å². The molecule has 3 heteroatoms. The summed E-state index contributed by atoms with van der Waals surface area (Å²) in [6.07, 6.45) is 3.47. The first-order valence-electron chi connectivity index (χ1n) is 5.37. The van der Waals surface area contributed by atoms with Crippen LogP contribution in [0.2, 0.25) is 0 Å². The fraction of sp³-hybridized carbons (Fsp3) is 0.818. The van der Waals surface area contributed by atoms with Crippen LogP contribution in [0.3, 0.4) is 0 Å². The van der Waals surface area contributed by atoms with Gasteiger partial charge in [-0.25, -0.2) is 0 Å². The molecule has 4 atom stereocenters. The fourth-order valence-corrected chi connectivity index (χ4v) is 3.74. The molecule has 2 bridgehead atoms. The van der Waals surface area contributed by atoms with Gasteiger partial charge in [0.05, 0.1) is 11.8 Å². The molecular weight excluding hydrogens is 180 g/mol. The highest BCUT2D eigenvalue weighted by Crippen LogP contribution is 2.61. The zero-order valence-corrected chi connectivity index (χ0v) is 8.29. The maximum Gasteiger partial charge on any atom is 0.320 e. The Hall–Kier alpha value is -0.860. The lowest BCUT2D eigenvalue weighted by Crippen LogP contribution is -2.34. The summed E-state index contributed by atoms with van der Waals surface area (Å²) in [7, 11) is 0. The first-order chi connectivity index (χ1) is 6.62. The van der Waals surface area contributed by atoms with Gasteiger partial charge < -0.3 is 4.74 Å². The van der Waals surface area contributed by atoms with E-state index in [0.717, 1.165) is 25.2 Å². The van der Waals surface area contributed by atoms with E-state index in [-0.39, 0.29) is 11.9 Å². The lowest BCUT2D eigenvalue weighted by Gasteiger charge is -2.31. The van der Waals surface area contributed by atoms with E-state index in [9.17, 15) is 9.59 Å². The number of ether oxygens (including phenoxy) is 1. The zero-order valence-electron chi connectivity index (χ0n) is 8.29. The SMILES string of the molecule is CC1CC2C[C@H]1CC21CC(=O)OC1=O. The average molecular weight is 194 g/mol. The van der Waals surface area contributed by atoms with Crippen LogP contribution < -0.4 is 0 Å². The summed E-state index contributed by atoms with van der Waals surface area (Å²) in [5.41, 5.74) is -0.395. The van der Waals surface area contributed by atoms with Crippen molar-refractivity contribution in [2.45, 2.75) is 32.6 Å². The minimum Gasteiger partial charge on any atom is -0.393 e. The molecule has 1 saturated heterocycles. The molecule has 2 saturated carbocycles. The molecule has 0 N–H and O–H groups in total. The molecule has 0 aromatic heterocycles. The van der Waals surface area contributed by atoms with Crippen LogP contribution in [0.15, 0.2) is 0 Å². The Morgan fingerprint density at radius 3 is 2.57 bits per heavy atom. The number of rotatable bonds is 0. The molecule has 3 aliphatic rings. The fourth-order valence-electron chi connectivity index (χ4n) is 3.74. The Labute approximate surface area is 82.8 Å². The largest absolute Gasteiger partial charge is 0.393 e. The first kappa shape index (κ1) is 8.45. The molecule has 0 radical (unpaired) electrons. The van der Waals surface area contributed by atoms with Gasteiger partial charge in [0.1, 0.15) is 0 Å². The second-order valence-corrected chi connectivity index (χ2v) is 5.20. The number of cyclic esters (lactones) is 2. The summed E-state index contributed by atoms with van der Waals surface area (Å²) in [5, 5.41) is 0. The van der Waals surface area contributed by atoms with Crippen LogP contribution in [-0.2, 0) is 14.3 Å². The molecule has 0 amide bonds. The molecule has 3 fully saturated rings. The number of fused-ring (bicyclic) bond motifs is 3. The van der Waals surface area contributed by atoms with E-state index in [0.29, 0.717) is 18.3 Å². The van der Waals surface area contributed by atoms with E-state index in [4.69, 9.17) is 4.74 Å². The molecule has 3 rings (SSSR count). The molecule has 2 aliphatic carbocycles. The molecule has 0 aromatic rings. The molecule has 1 aliphatic heterocycles. The molecule has 14 heavy (non-hydrogen) atoms. The standard InChI is InChI=1S/C11H14O3/c1-6-2-8-3-7(6)4-11(8)5-9(12)14-10(11)13/h6-8H,2-5H2,1H3/t6?,7-,8?,11?/m0/s1. The topological polar surface area (TPSA) is 43.4 Å². The van der Waals surface area contributed by atoms with Gasteiger partial charge in [-0.15, -0.1) is 0 Å². The third-order valence-corrected chi connectivity index (χ3v) is 4.53. The predicted molar refractivity (Wildman–Crippen MR) is 48.1 cm³/mol. The van der Waals surface area contributed by atoms with E-state index in [2.05, 4.69) is 6.92 Å². The van der Waals surface area contributed by atoms with E-state index in [1.807, 2.05) is 0 Å². The van der Waals surface area contributed by atoms with Gasteiger partial charge in [-0.3, -0.25) is 9.59 Å². The third kappa shape index (κ3) is 0.830. The van der Waals surface area contributed by atoms with E-state index < -0.39 is 5.41 Å². The van der Waals surface area contributed by atoms with Crippen LogP contribution in [0, 0.1) is 23.2 Å². The van der Waals surface area contributed by atoms with Crippen molar-refractivity contribution in [3.05, 3.63) is 0 Å². The highest BCUT2D eigenvalue weighted by atomic mass is 16.6. The quantitative estimate of drug-likeness (QED) is 0.433. The predicted octanol–water partition coefficient (Wildman–Crippen LogP) is 1.51. The normalized spacial score (nSPS) is 50.5. The van der Waals surface area contributed by atoms with E-state index in [1.54, 1.807) is 0 Å². The number of carbonyl (C=O) groups excluding carboxylic acids is 2. The number of esters is 2. The average Bonchev–Trinajstić information content (AvgIpc) is 2.67. The second-order valence-electron chi connectivity index (χ2n) is 5.20. The number of hydrogen-bond acceptors (Lipinski definition) is 3. The molecule has 3 unspecified atom stereocenters. The monoisotopic (exact) mass is 194 g/mol. The Kier molecular flexibility index (Phi) is 1.44. The Morgan fingerprint density at radius 2 is 2.14 bits per heavy atom. The number of hydrogen-bond donors (Lipinski definition) is 0. The van der Waals surface area contributed by atoms with Crippen LogP contribution in [0.1, 0.15) is 32.6 Å². The Morgan fingerprint density at radius 1 is 1.36 bits per heavy atom. The molecule has 3 nitrogen and oxygen atoms in total. The summed E-state index contributed by atoms with van der Waals surface area (Å²) in [6.45, 7) is 2.25. The van der Waals surface area contributed by atoms with Crippen LogP contribution in [0.5, 0.6) is 0 Å². The van der Waals surface area contributed by atoms with Crippen molar-refractivity contribution in [3.63, 3.8) is 0 Å². The van der Waals surface area contributed by atoms with Gasteiger partial charge in [0.15, 0.2) is 0 Å². The third-order valence-electron chi connectivity index (χ3n) is 4.53. The van der Waals surface area contributed by atoms with Gasteiger partial charge in [-0.05, 0) is 37.0 Å². The first-order valence-corrected chi connectivity index (χ1v) is 5.37. The van der Waals surface area contributed by atoms with Crippen LogP contribution in [0.25, 0.3) is 0 Å². The summed E-state index contributed by atoms with van der Waals surface area (Å²) in [6, 6.07) is 0. The number of carbonyl (C=O) groups is 2. The summed E-state index contributed by atoms with van der Waals surface area (Å²) >= 11 is 0. The van der Waals surface area contributed by atoms with Gasteiger partial charge in [-0.2, -0.15) is 0 Å². The van der Waals surface area contributed by atoms with E-state index >= 15 is 0 Å². The van der Waals surface area contributed by atoms with Crippen molar-refractivity contribution < 1.29 is 14.3 Å². The zero-order chi connectivity index (χ0) is 9.92. The molecule has 1 heterocycles. The summed E-state index contributed by atoms with van der Waals surface area (Å²) in [4.78, 5) is 22.8. The Bertz CT molecular complexity index is 320. The smallest absolute Gasteiger partial charge is 0.320 e. The van der Waals surface area contributed by atoms with Crippen LogP contribution in [0.4, 0.5) is 0 Å². The maximum atomic E-state index is 11.7. The van der Waals surface area contributed by atoms with Gasteiger partial charge in [0.25, 0.3) is 0 Å². The highest BCUT2D eigenvalue weighted by Gasteiger charge is 2.62. The highest BCUT2D eigenvalue weighted by molar-refractivity contribution is 5.98. The minimum atomic E-state index is -0.395. The molecule has 76 valence electrons. The van der Waals surface area contributed by atoms with Crippen molar-refractivity contribution >= 4 is 11.9 Å². The minimum absolute atomic E-state index is 0.234. The van der Waals surface area contributed by atoms with Crippen molar-refractivity contribution in [2.75, 3.05) is 0 Å². The van der Waals surface area contributed by atoms with Gasteiger partial charge >= 0.3 is 11.9 Å². The van der Waals surface area contributed by atoms with Gasteiger partial charge in [0.2, 0.25) is 0 Å². The Balaban J connectivity index is 1.94. The lowest BCUT2D eigenvalue weighted by atomic mass is 9.69.